The molecule has 1 aromatic heterocycles. The summed E-state index contributed by atoms with van der Waals surface area (Å²) in [5.41, 5.74) is 1.22. The standard InChI is InChI=1S/C19H20FN3O2/c20-15-6-4-14(5-7-15)13-18(24)22-16-8-11-23(12-9-16)19(25)17-3-1-2-10-21-17/h1-7,10,16H,8-9,11-13H2,(H,22,24). The molecule has 3 rings (SSSR count). The first-order chi connectivity index (χ1) is 12.1. The van der Waals surface area contributed by atoms with Gasteiger partial charge in [-0.1, -0.05) is 18.2 Å². The Balaban J connectivity index is 1.46. The van der Waals surface area contributed by atoms with E-state index in [9.17, 15) is 14.0 Å². The smallest absolute Gasteiger partial charge is 0.272 e. The molecule has 1 fully saturated rings. The van der Waals surface area contributed by atoms with Crippen LogP contribution in [0.25, 0.3) is 0 Å². The zero-order valence-electron chi connectivity index (χ0n) is 13.8. The van der Waals surface area contributed by atoms with Crippen LogP contribution in [0.1, 0.15) is 28.9 Å². The average Bonchev–Trinajstić information content (AvgIpc) is 2.64. The number of hydrogen-bond acceptors (Lipinski definition) is 3. The van der Waals surface area contributed by atoms with Crippen LogP contribution in [0.4, 0.5) is 4.39 Å². The normalized spacial score (nSPS) is 15.0. The third kappa shape index (κ3) is 4.62. The van der Waals surface area contributed by atoms with Crippen molar-refractivity contribution in [1.29, 1.82) is 0 Å². The van der Waals surface area contributed by atoms with Gasteiger partial charge < -0.3 is 10.2 Å². The number of benzene rings is 1. The van der Waals surface area contributed by atoms with Gasteiger partial charge in [0.1, 0.15) is 11.5 Å². The number of nitrogens with zero attached hydrogens (tertiary/aromatic N) is 2. The summed E-state index contributed by atoms with van der Waals surface area (Å²) in [6.07, 6.45) is 3.27. The molecule has 0 aliphatic carbocycles. The highest BCUT2D eigenvalue weighted by atomic mass is 19.1. The van der Waals surface area contributed by atoms with E-state index in [0.29, 0.717) is 31.6 Å². The van der Waals surface area contributed by atoms with Gasteiger partial charge in [0.15, 0.2) is 0 Å². The van der Waals surface area contributed by atoms with Crippen molar-refractivity contribution in [2.24, 2.45) is 0 Å². The second-order valence-electron chi connectivity index (χ2n) is 6.15. The summed E-state index contributed by atoms with van der Waals surface area (Å²) in [4.78, 5) is 30.3. The number of likely N-dealkylation sites (tertiary alicyclic amines) is 1. The zero-order chi connectivity index (χ0) is 17.6. The quantitative estimate of drug-likeness (QED) is 0.927. The van der Waals surface area contributed by atoms with Crippen molar-refractivity contribution in [3.05, 3.63) is 65.7 Å². The Bertz CT molecular complexity index is 726. The summed E-state index contributed by atoms with van der Waals surface area (Å²) in [6, 6.07) is 11.3. The Hall–Kier alpha value is -2.76. The van der Waals surface area contributed by atoms with E-state index < -0.39 is 0 Å². The molecule has 5 nitrogen and oxygen atoms in total. The number of hydrogen-bond donors (Lipinski definition) is 1. The lowest BCUT2D eigenvalue weighted by molar-refractivity contribution is -0.121. The lowest BCUT2D eigenvalue weighted by Gasteiger charge is -2.32. The van der Waals surface area contributed by atoms with E-state index in [-0.39, 0.29) is 30.1 Å². The van der Waals surface area contributed by atoms with E-state index in [1.54, 1.807) is 41.4 Å². The van der Waals surface area contributed by atoms with E-state index in [1.807, 2.05) is 0 Å². The number of halogens is 1. The van der Waals surface area contributed by atoms with Gasteiger partial charge in [0, 0.05) is 25.3 Å². The van der Waals surface area contributed by atoms with Crippen LogP contribution in [0.5, 0.6) is 0 Å². The Kier molecular flexibility index (Phi) is 5.38. The molecule has 1 N–H and O–H groups in total. The van der Waals surface area contributed by atoms with E-state index in [0.717, 1.165) is 5.56 Å². The van der Waals surface area contributed by atoms with Crippen LogP contribution in [0, 0.1) is 5.82 Å². The molecular formula is C19H20FN3O2. The minimum Gasteiger partial charge on any atom is -0.353 e. The second kappa shape index (κ2) is 7.88. The highest BCUT2D eigenvalue weighted by Crippen LogP contribution is 2.13. The molecule has 0 radical (unpaired) electrons. The number of nitrogens with one attached hydrogen (secondary N) is 1. The van der Waals surface area contributed by atoms with Gasteiger partial charge in [-0.05, 0) is 42.7 Å². The minimum atomic E-state index is -0.311. The molecule has 1 aliphatic heterocycles. The number of carbonyl (C=O) groups excluding carboxylic acids is 2. The summed E-state index contributed by atoms with van der Waals surface area (Å²) in [5.74, 6) is -0.466. The van der Waals surface area contributed by atoms with E-state index in [2.05, 4.69) is 10.3 Å². The molecule has 130 valence electrons. The maximum Gasteiger partial charge on any atom is 0.272 e. The van der Waals surface area contributed by atoms with Crippen molar-refractivity contribution < 1.29 is 14.0 Å². The van der Waals surface area contributed by atoms with Crippen molar-refractivity contribution >= 4 is 11.8 Å². The second-order valence-corrected chi connectivity index (χ2v) is 6.15. The number of amides is 2. The Morgan fingerprint density at radius 1 is 1.12 bits per heavy atom. The van der Waals surface area contributed by atoms with Gasteiger partial charge in [0.2, 0.25) is 5.91 Å². The van der Waals surface area contributed by atoms with Crippen molar-refractivity contribution in [3.63, 3.8) is 0 Å². The SMILES string of the molecule is O=C(Cc1ccc(F)cc1)NC1CCN(C(=O)c2ccccn2)CC1. The van der Waals surface area contributed by atoms with Crippen molar-refractivity contribution in [3.8, 4) is 0 Å². The van der Waals surface area contributed by atoms with Gasteiger partial charge in [-0.15, -0.1) is 0 Å². The molecule has 2 aromatic rings. The predicted molar refractivity (Wildman–Crippen MR) is 91.4 cm³/mol. The van der Waals surface area contributed by atoms with Crippen LogP contribution in [-0.2, 0) is 11.2 Å². The molecule has 1 aliphatic rings. The largest absolute Gasteiger partial charge is 0.353 e. The molecule has 6 heteroatoms. The first kappa shape index (κ1) is 17.1. The fourth-order valence-corrected chi connectivity index (χ4v) is 2.94. The average molecular weight is 341 g/mol. The summed E-state index contributed by atoms with van der Waals surface area (Å²) >= 11 is 0. The molecule has 0 atom stereocenters. The third-order valence-electron chi connectivity index (χ3n) is 4.31. The molecule has 25 heavy (non-hydrogen) atoms. The van der Waals surface area contributed by atoms with Crippen LogP contribution in [0.15, 0.2) is 48.7 Å². The fraction of sp³-hybridized carbons (Fsp3) is 0.316. The summed E-state index contributed by atoms with van der Waals surface area (Å²) in [6.45, 7) is 1.19. The third-order valence-corrected chi connectivity index (χ3v) is 4.31. The molecule has 0 bridgehead atoms. The minimum absolute atomic E-state index is 0.0562. The van der Waals surface area contributed by atoms with E-state index in [1.165, 1.54) is 12.1 Å². The predicted octanol–water partition coefficient (Wildman–Crippen LogP) is 2.18. The highest BCUT2D eigenvalue weighted by Gasteiger charge is 2.25. The molecule has 1 saturated heterocycles. The first-order valence-corrected chi connectivity index (χ1v) is 8.36. The molecule has 2 heterocycles. The van der Waals surface area contributed by atoms with Crippen molar-refractivity contribution in [2.75, 3.05) is 13.1 Å². The molecule has 2 amide bonds. The maximum atomic E-state index is 12.9. The Morgan fingerprint density at radius 3 is 2.48 bits per heavy atom. The van der Waals surface area contributed by atoms with Crippen LogP contribution in [0.3, 0.4) is 0 Å². The number of carbonyl (C=O) groups is 2. The molecule has 0 unspecified atom stereocenters. The molecule has 1 aromatic carbocycles. The van der Waals surface area contributed by atoms with Gasteiger partial charge in [-0.25, -0.2) is 4.39 Å². The highest BCUT2D eigenvalue weighted by molar-refractivity contribution is 5.92. The lowest BCUT2D eigenvalue weighted by Crippen LogP contribution is -2.47. The number of pyridine rings is 1. The Morgan fingerprint density at radius 2 is 1.84 bits per heavy atom. The summed E-state index contributed by atoms with van der Waals surface area (Å²) in [5, 5.41) is 2.99. The zero-order valence-corrected chi connectivity index (χ0v) is 13.8. The Labute approximate surface area is 145 Å². The van der Waals surface area contributed by atoms with Gasteiger partial charge in [-0.2, -0.15) is 0 Å². The van der Waals surface area contributed by atoms with Gasteiger partial charge in [0.25, 0.3) is 5.91 Å². The first-order valence-electron chi connectivity index (χ1n) is 8.36. The summed E-state index contributed by atoms with van der Waals surface area (Å²) in [7, 11) is 0. The van der Waals surface area contributed by atoms with Crippen molar-refractivity contribution in [2.45, 2.75) is 25.3 Å². The lowest BCUT2D eigenvalue weighted by atomic mass is 10.0. The van der Waals surface area contributed by atoms with E-state index in [4.69, 9.17) is 0 Å². The monoisotopic (exact) mass is 341 g/mol. The van der Waals surface area contributed by atoms with Crippen LogP contribution in [0.2, 0.25) is 0 Å². The van der Waals surface area contributed by atoms with Gasteiger partial charge in [-0.3, -0.25) is 14.6 Å². The number of aromatic nitrogens is 1. The number of piperidine rings is 1. The molecule has 0 spiro atoms. The van der Waals surface area contributed by atoms with Gasteiger partial charge >= 0.3 is 0 Å². The fourth-order valence-electron chi connectivity index (χ4n) is 2.94. The molecular weight excluding hydrogens is 321 g/mol. The van der Waals surface area contributed by atoms with Crippen LogP contribution < -0.4 is 5.32 Å². The van der Waals surface area contributed by atoms with Crippen LogP contribution in [-0.4, -0.2) is 40.8 Å². The van der Waals surface area contributed by atoms with Crippen LogP contribution >= 0.6 is 0 Å². The maximum absolute atomic E-state index is 12.9. The van der Waals surface area contributed by atoms with Gasteiger partial charge in [0.05, 0.1) is 6.42 Å². The van der Waals surface area contributed by atoms with E-state index >= 15 is 0 Å². The summed E-state index contributed by atoms with van der Waals surface area (Å²) < 4.78 is 12.9. The topological polar surface area (TPSA) is 62.3 Å². The molecule has 0 saturated carbocycles. The van der Waals surface area contributed by atoms with Crippen molar-refractivity contribution in [1.82, 2.24) is 15.2 Å². The number of rotatable bonds is 4.